The predicted octanol–water partition coefficient (Wildman–Crippen LogP) is 3.94. The Morgan fingerprint density at radius 3 is 2.21 bits per heavy atom. The van der Waals surface area contributed by atoms with E-state index in [9.17, 15) is 4.39 Å². The number of hydrogen-bond acceptors (Lipinski definition) is 2. The number of rotatable bonds is 3. The Balaban J connectivity index is 0.00000180. The van der Waals surface area contributed by atoms with Gasteiger partial charge in [-0.15, -0.1) is 12.4 Å². The molecule has 0 fully saturated rings. The monoisotopic (exact) mass is 281 g/mol. The van der Waals surface area contributed by atoms with Gasteiger partial charge in [0.1, 0.15) is 11.6 Å². The summed E-state index contributed by atoms with van der Waals surface area (Å²) in [6.07, 6.45) is 0. The highest BCUT2D eigenvalue weighted by atomic mass is 35.5. The first-order chi connectivity index (χ1) is 8.61. The van der Waals surface area contributed by atoms with Gasteiger partial charge in [0.2, 0.25) is 0 Å². The second-order valence-electron chi connectivity index (χ2n) is 4.26. The van der Waals surface area contributed by atoms with Crippen molar-refractivity contribution in [3.63, 3.8) is 0 Å². The Bertz CT molecular complexity index is 540. The van der Waals surface area contributed by atoms with Gasteiger partial charge < -0.3 is 10.5 Å². The molecule has 0 aliphatic carbocycles. The molecule has 2 N–H and O–H groups in total. The first-order valence-electron chi connectivity index (χ1n) is 5.81. The third kappa shape index (κ3) is 3.46. The second kappa shape index (κ2) is 6.55. The van der Waals surface area contributed by atoms with Crippen molar-refractivity contribution in [3.8, 4) is 16.9 Å². The first kappa shape index (κ1) is 15.5. The number of ether oxygens (including phenoxy) is 1. The summed E-state index contributed by atoms with van der Waals surface area (Å²) < 4.78 is 18.9. The number of methoxy groups -OCH3 is 1. The van der Waals surface area contributed by atoms with Crippen molar-refractivity contribution in [1.82, 2.24) is 0 Å². The van der Waals surface area contributed by atoms with E-state index in [1.165, 1.54) is 13.2 Å². The average molecular weight is 282 g/mol. The average Bonchev–Trinajstić information content (AvgIpc) is 2.38. The highest BCUT2D eigenvalue weighted by Crippen LogP contribution is 2.27. The van der Waals surface area contributed by atoms with Gasteiger partial charge in [0.25, 0.3) is 0 Å². The van der Waals surface area contributed by atoms with Crippen LogP contribution in [0.25, 0.3) is 11.1 Å². The standard InChI is InChI=1S/C15H16FNO.ClH/c1-10(17)11-3-5-12(6-4-11)14-8-7-13(18-2)9-15(14)16;/h3-10H,17H2,1-2H3;1H/t10-;/m1./s1. The van der Waals surface area contributed by atoms with Crippen molar-refractivity contribution in [1.29, 1.82) is 0 Å². The fourth-order valence-corrected chi connectivity index (χ4v) is 1.82. The van der Waals surface area contributed by atoms with E-state index in [2.05, 4.69) is 0 Å². The molecule has 0 saturated carbocycles. The number of halogens is 2. The molecule has 0 radical (unpaired) electrons. The molecule has 0 heterocycles. The first-order valence-corrected chi connectivity index (χ1v) is 5.81. The maximum absolute atomic E-state index is 13.9. The molecule has 1 atom stereocenters. The number of hydrogen-bond donors (Lipinski definition) is 1. The van der Waals surface area contributed by atoms with E-state index in [1.807, 2.05) is 31.2 Å². The number of nitrogens with two attached hydrogens (primary N) is 1. The van der Waals surface area contributed by atoms with Gasteiger partial charge in [-0.05, 0) is 30.2 Å². The van der Waals surface area contributed by atoms with Crippen molar-refractivity contribution in [2.75, 3.05) is 7.11 Å². The van der Waals surface area contributed by atoms with Crippen LogP contribution in [0.4, 0.5) is 4.39 Å². The smallest absolute Gasteiger partial charge is 0.134 e. The molecular weight excluding hydrogens is 265 g/mol. The van der Waals surface area contributed by atoms with Crippen molar-refractivity contribution in [3.05, 3.63) is 53.8 Å². The summed E-state index contributed by atoms with van der Waals surface area (Å²) in [5.74, 6) is 0.228. The van der Waals surface area contributed by atoms with Gasteiger partial charge in [-0.2, -0.15) is 0 Å². The molecule has 0 bridgehead atoms. The van der Waals surface area contributed by atoms with E-state index in [4.69, 9.17) is 10.5 Å². The quantitative estimate of drug-likeness (QED) is 0.925. The zero-order valence-corrected chi connectivity index (χ0v) is 11.7. The topological polar surface area (TPSA) is 35.2 Å². The lowest BCUT2D eigenvalue weighted by Gasteiger charge is -2.09. The van der Waals surface area contributed by atoms with E-state index in [0.29, 0.717) is 11.3 Å². The molecule has 0 aromatic heterocycles. The lowest BCUT2D eigenvalue weighted by atomic mass is 10.0. The summed E-state index contributed by atoms with van der Waals surface area (Å²) in [4.78, 5) is 0. The third-order valence-corrected chi connectivity index (χ3v) is 2.92. The molecule has 0 amide bonds. The molecule has 4 heteroatoms. The van der Waals surface area contributed by atoms with Gasteiger partial charge in [-0.3, -0.25) is 0 Å². The van der Waals surface area contributed by atoms with Crippen LogP contribution < -0.4 is 10.5 Å². The Labute approximate surface area is 118 Å². The van der Waals surface area contributed by atoms with Crippen molar-refractivity contribution in [2.45, 2.75) is 13.0 Å². The summed E-state index contributed by atoms with van der Waals surface area (Å²) in [6.45, 7) is 1.92. The molecule has 2 aromatic rings. The van der Waals surface area contributed by atoms with Crippen LogP contribution in [0.2, 0.25) is 0 Å². The van der Waals surface area contributed by atoms with Crippen LogP contribution in [0.1, 0.15) is 18.5 Å². The van der Waals surface area contributed by atoms with Gasteiger partial charge in [-0.1, -0.05) is 24.3 Å². The molecule has 0 spiro atoms. The fourth-order valence-electron chi connectivity index (χ4n) is 1.82. The van der Waals surface area contributed by atoms with Crippen molar-refractivity contribution in [2.24, 2.45) is 5.73 Å². The van der Waals surface area contributed by atoms with Crippen LogP contribution in [0, 0.1) is 5.82 Å². The van der Waals surface area contributed by atoms with E-state index in [0.717, 1.165) is 11.1 Å². The normalized spacial score (nSPS) is 11.6. The largest absolute Gasteiger partial charge is 0.497 e. The molecule has 0 saturated heterocycles. The zero-order chi connectivity index (χ0) is 13.1. The van der Waals surface area contributed by atoms with E-state index in [1.54, 1.807) is 12.1 Å². The van der Waals surface area contributed by atoms with E-state index in [-0.39, 0.29) is 24.3 Å². The number of benzene rings is 2. The molecule has 102 valence electrons. The minimum Gasteiger partial charge on any atom is -0.497 e. The van der Waals surface area contributed by atoms with E-state index >= 15 is 0 Å². The lowest BCUT2D eigenvalue weighted by molar-refractivity contribution is 0.411. The van der Waals surface area contributed by atoms with Gasteiger partial charge in [0.05, 0.1) is 7.11 Å². The summed E-state index contributed by atoms with van der Waals surface area (Å²) in [5.41, 5.74) is 8.21. The van der Waals surface area contributed by atoms with Crippen molar-refractivity contribution < 1.29 is 9.13 Å². The van der Waals surface area contributed by atoms with Crippen LogP contribution in [-0.2, 0) is 0 Å². The predicted molar refractivity (Wildman–Crippen MR) is 78.2 cm³/mol. The molecular formula is C15H17ClFNO. The second-order valence-corrected chi connectivity index (χ2v) is 4.26. The van der Waals surface area contributed by atoms with Crippen LogP contribution in [-0.4, -0.2) is 7.11 Å². The summed E-state index contributed by atoms with van der Waals surface area (Å²) >= 11 is 0. The zero-order valence-electron chi connectivity index (χ0n) is 10.9. The third-order valence-electron chi connectivity index (χ3n) is 2.92. The van der Waals surface area contributed by atoms with Crippen LogP contribution in [0.15, 0.2) is 42.5 Å². The van der Waals surface area contributed by atoms with Crippen LogP contribution >= 0.6 is 12.4 Å². The fraction of sp³-hybridized carbons (Fsp3) is 0.200. The van der Waals surface area contributed by atoms with Gasteiger partial charge in [0.15, 0.2) is 0 Å². The van der Waals surface area contributed by atoms with E-state index < -0.39 is 0 Å². The van der Waals surface area contributed by atoms with Gasteiger partial charge in [-0.25, -0.2) is 4.39 Å². The molecule has 2 nitrogen and oxygen atoms in total. The summed E-state index contributed by atoms with van der Waals surface area (Å²) in [5, 5.41) is 0. The highest BCUT2D eigenvalue weighted by molar-refractivity contribution is 5.85. The minimum atomic E-state index is -0.289. The van der Waals surface area contributed by atoms with Crippen LogP contribution in [0.5, 0.6) is 5.75 Å². The van der Waals surface area contributed by atoms with Crippen LogP contribution in [0.3, 0.4) is 0 Å². The minimum absolute atomic E-state index is 0. The highest BCUT2D eigenvalue weighted by Gasteiger charge is 2.07. The molecule has 0 aliphatic heterocycles. The Hall–Kier alpha value is -1.58. The Morgan fingerprint density at radius 1 is 1.11 bits per heavy atom. The SMILES string of the molecule is COc1ccc(-c2ccc([C@@H](C)N)cc2)c(F)c1.Cl. The van der Waals surface area contributed by atoms with Crippen molar-refractivity contribution >= 4 is 12.4 Å². The Morgan fingerprint density at radius 2 is 1.74 bits per heavy atom. The molecule has 19 heavy (non-hydrogen) atoms. The lowest BCUT2D eigenvalue weighted by Crippen LogP contribution is -2.04. The molecule has 2 rings (SSSR count). The van der Waals surface area contributed by atoms with Gasteiger partial charge in [0, 0.05) is 17.7 Å². The maximum atomic E-state index is 13.9. The summed E-state index contributed by atoms with van der Waals surface area (Å²) in [6, 6.07) is 12.4. The van der Waals surface area contributed by atoms with Gasteiger partial charge >= 0.3 is 0 Å². The molecule has 0 aliphatic rings. The molecule has 2 aromatic carbocycles. The maximum Gasteiger partial charge on any atom is 0.134 e. The summed E-state index contributed by atoms with van der Waals surface area (Å²) in [7, 11) is 1.52. The Kier molecular flexibility index (Phi) is 5.33. The molecule has 0 unspecified atom stereocenters.